The fourth-order valence-corrected chi connectivity index (χ4v) is 2.67. The molecule has 4 nitrogen and oxygen atoms in total. The number of aliphatic imine (C=N–C) groups is 1. The van der Waals surface area contributed by atoms with Gasteiger partial charge in [0, 0.05) is 25.2 Å². The first-order valence-corrected chi connectivity index (χ1v) is 7.92. The van der Waals surface area contributed by atoms with Crippen molar-refractivity contribution in [3.63, 3.8) is 0 Å². The van der Waals surface area contributed by atoms with Crippen molar-refractivity contribution in [3.8, 4) is 0 Å². The van der Waals surface area contributed by atoms with Gasteiger partial charge in [0.05, 0.1) is 6.54 Å². The minimum Gasteiger partial charge on any atom is -0.370 e. The summed E-state index contributed by atoms with van der Waals surface area (Å²) in [6.45, 7) is 5.22. The Bertz CT molecular complexity index is 525. The van der Waals surface area contributed by atoms with Crippen LogP contribution in [0.1, 0.15) is 30.9 Å². The van der Waals surface area contributed by atoms with Crippen LogP contribution in [-0.4, -0.2) is 42.9 Å². The fourth-order valence-electron chi connectivity index (χ4n) is 2.67. The highest BCUT2D eigenvalue weighted by molar-refractivity contribution is 14.0. The van der Waals surface area contributed by atoms with Gasteiger partial charge < -0.3 is 15.5 Å². The van der Waals surface area contributed by atoms with Crippen LogP contribution in [0.2, 0.25) is 0 Å². The van der Waals surface area contributed by atoms with Crippen LogP contribution in [0.5, 0.6) is 0 Å². The van der Waals surface area contributed by atoms with E-state index in [0.29, 0.717) is 24.6 Å². The summed E-state index contributed by atoms with van der Waals surface area (Å²) in [5.41, 5.74) is 7.61. The molecule has 0 aromatic heterocycles. The van der Waals surface area contributed by atoms with Crippen LogP contribution in [0.15, 0.2) is 23.2 Å². The predicted octanol–water partition coefficient (Wildman–Crippen LogP) is 3.05. The Morgan fingerprint density at radius 1 is 1.35 bits per heavy atom. The number of hydrogen-bond donors (Lipinski definition) is 1. The molecule has 0 spiro atoms. The molecule has 130 valence electrons. The average Bonchev–Trinajstić information content (AvgIpc) is 2.47. The summed E-state index contributed by atoms with van der Waals surface area (Å²) in [5.74, 6) is 1.17. The van der Waals surface area contributed by atoms with Crippen LogP contribution in [0.4, 0.5) is 4.39 Å². The minimum absolute atomic E-state index is 0. The minimum atomic E-state index is -0.174. The van der Waals surface area contributed by atoms with Crippen LogP contribution < -0.4 is 5.73 Å². The zero-order valence-electron chi connectivity index (χ0n) is 14.3. The Labute approximate surface area is 156 Å². The molecular weight excluding hydrogens is 406 g/mol. The summed E-state index contributed by atoms with van der Waals surface area (Å²) in [6, 6.07) is 5.32. The number of likely N-dealkylation sites (tertiary alicyclic amines) is 1. The molecule has 2 N–H and O–H groups in total. The lowest BCUT2D eigenvalue weighted by Crippen LogP contribution is -2.42. The maximum Gasteiger partial charge on any atom is 0.191 e. The largest absolute Gasteiger partial charge is 0.370 e. The van der Waals surface area contributed by atoms with E-state index in [1.807, 2.05) is 31.1 Å². The van der Waals surface area contributed by atoms with Gasteiger partial charge in [-0.2, -0.15) is 0 Å². The number of benzene rings is 1. The number of halogens is 2. The topological polar surface area (TPSA) is 44.9 Å². The smallest absolute Gasteiger partial charge is 0.191 e. The normalized spacial score (nSPS) is 16.6. The first-order chi connectivity index (χ1) is 10.5. The summed E-state index contributed by atoms with van der Waals surface area (Å²) in [6.07, 6.45) is 2.31. The van der Waals surface area contributed by atoms with Gasteiger partial charge in [0.15, 0.2) is 5.96 Å². The van der Waals surface area contributed by atoms with Gasteiger partial charge in [-0.05, 0) is 44.5 Å². The first kappa shape index (κ1) is 20.2. The van der Waals surface area contributed by atoms with Crippen LogP contribution >= 0.6 is 24.0 Å². The quantitative estimate of drug-likeness (QED) is 0.450. The van der Waals surface area contributed by atoms with Crippen LogP contribution in [0, 0.1) is 11.7 Å². The van der Waals surface area contributed by atoms with E-state index in [0.717, 1.165) is 37.4 Å². The van der Waals surface area contributed by atoms with E-state index in [4.69, 9.17) is 5.73 Å². The maximum atomic E-state index is 14.0. The SMILES string of the molecule is CC1CCN(C(N)=NCc2ccc(CN(C)C)c(F)c2)CC1.I. The van der Waals surface area contributed by atoms with Crippen LogP contribution in [0.3, 0.4) is 0 Å². The Morgan fingerprint density at radius 2 is 2.00 bits per heavy atom. The molecule has 1 aromatic rings. The van der Waals surface area contributed by atoms with E-state index in [1.165, 1.54) is 0 Å². The van der Waals surface area contributed by atoms with Gasteiger partial charge in [-0.15, -0.1) is 24.0 Å². The third-order valence-electron chi connectivity index (χ3n) is 4.14. The van der Waals surface area contributed by atoms with Gasteiger partial charge in [0.2, 0.25) is 0 Å². The Balaban J connectivity index is 0.00000264. The zero-order valence-corrected chi connectivity index (χ0v) is 16.6. The highest BCUT2D eigenvalue weighted by atomic mass is 127. The first-order valence-electron chi connectivity index (χ1n) is 7.92. The fraction of sp³-hybridized carbons (Fsp3) is 0.588. The molecular formula is C17H28FIN4. The van der Waals surface area contributed by atoms with Gasteiger partial charge in [-0.3, -0.25) is 0 Å². The molecule has 0 atom stereocenters. The Kier molecular flexibility index (Phi) is 8.25. The van der Waals surface area contributed by atoms with E-state index in [-0.39, 0.29) is 29.8 Å². The lowest BCUT2D eigenvalue weighted by molar-refractivity contribution is 0.277. The second-order valence-corrected chi connectivity index (χ2v) is 6.51. The van der Waals surface area contributed by atoms with Gasteiger partial charge >= 0.3 is 0 Å². The van der Waals surface area contributed by atoms with Gasteiger partial charge in [0.1, 0.15) is 5.82 Å². The lowest BCUT2D eigenvalue weighted by Gasteiger charge is -2.31. The molecule has 2 rings (SSSR count). The molecule has 0 amide bonds. The summed E-state index contributed by atoms with van der Waals surface area (Å²) < 4.78 is 14.0. The molecule has 23 heavy (non-hydrogen) atoms. The van der Waals surface area contributed by atoms with Crippen molar-refractivity contribution in [2.75, 3.05) is 27.2 Å². The summed E-state index contributed by atoms with van der Waals surface area (Å²) in [7, 11) is 3.86. The second kappa shape index (κ2) is 9.42. The van der Waals surface area contributed by atoms with E-state index < -0.39 is 0 Å². The molecule has 0 unspecified atom stereocenters. The maximum absolute atomic E-state index is 14.0. The number of guanidine groups is 1. The number of piperidine rings is 1. The molecule has 1 heterocycles. The Hall–Kier alpha value is -0.890. The number of rotatable bonds is 4. The molecule has 1 aliphatic rings. The Morgan fingerprint density at radius 3 is 2.57 bits per heavy atom. The van der Waals surface area contributed by atoms with Crippen LogP contribution in [-0.2, 0) is 13.1 Å². The highest BCUT2D eigenvalue weighted by Crippen LogP contribution is 2.16. The molecule has 1 fully saturated rings. The third-order valence-corrected chi connectivity index (χ3v) is 4.14. The van der Waals surface area contributed by atoms with E-state index in [1.54, 1.807) is 6.07 Å². The molecule has 1 saturated heterocycles. The number of nitrogens with zero attached hydrogens (tertiary/aromatic N) is 3. The van der Waals surface area contributed by atoms with Crippen molar-refractivity contribution in [2.45, 2.75) is 32.9 Å². The summed E-state index contributed by atoms with van der Waals surface area (Å²) in [5, 5.41) is 0. The molecule has 1 aromatic carbocycles. The van der Waals surface area contributed by atoms with Crippen molar-refractivity contribution < 1.29 is 4.39 Å². The molecule has 0 aliphatic carbocycles. The van der Waals surface area contributed by atoms with Crippen molar-refractivity contribution in [1.82, 2.24) is 9.80 Å². The van der Waals surface area contributed by atoms with E-state index in [9.17, 15) is 4.39 Å². The summed E-state index contributed by atoms with van der Waals surface area (Å²) in [4.78, 5) is 8.49. The molecule has 1 aliphatic heterocycles. The third kappa shape index (κ3) is 6.25. The average molecular weight is 434 g/mol. The standard InChI is InChI=1S/C17H27FN4.HI/c1-13-6-8-22(9-7-13)17(19)20-11-14-4-5-15(12-21(2)3)16(18)10-14;/h4-5,10,13H,6-9,11-12H2,1-3H3,(H2,19,20);1H. The van der Waals surface area contributed by atoms with Gasteiger partial charge in [-0.25, -0.2) is 9.38 Å². The van der Waals surface area contributed by atoms with Gasteiger partial charge in [0.25, 0.3) is 0 Å². The van der Waals surface area contributed by atoms with E-state index >= 15 is 0 Å². The molecule has 6 heteroatoms. The summed E-state index contributed by atoms with van der Waals surface area (Å²) >= 11 is 0. The number of nitrogens with two attached hydrogens (primary N) is 1. The highest BCUT2D eigenvalue weighted by Gasteiger charge is 2.16. The number of hydrogen-bond acceptors (Lipinski definition) is 2. The zero-order chi connectivity index (χ0) is 16.1. The van der Waals surface area contributed by atoms with Crippen molar-refractivity contribution in [1.29, 1.82) is 0 Å². The molecule has 0 saturated carbocycles. The molecule has 0 radical (unpaired) electrons. The van der Waals surface area contributed by atoms with Crippen molar-refractivity contribution in [3.05, 3.63) is 35.1 Å². The predicted molar refractivity (Wildman–Crippen MR) is 105 cm³/mol. The van der Waals surface area contributed by atoms with Crippen molar-refractivity contribution in [2.24, 2.45) is 16.6 Å². The van der Waals surface area contributed by atoms with Crippen LogP contribution in [0.25, 0.3) is 0 Å². The van der Waals surface area contributed by atoms with Gasteiger partial charge in [-0.1, -0.05) is 19.1 Å². The van der Waals surface area contributed by atoms with E-state index in [2.05, 4.69) is 16.8 Å². The lowest BCUT2D eigenvalue weighted by atomic mass is 10.00. The second-order valence-electron chi connectivity index (χ2n) is 6.51. The monoisotopic (exact) mass is 434 g/mol. The molecule has 0 bridgehead atoms. The van der Waals surface area contributed by atoms with Crippen molar-refractivity contribution >= 4 is 29.9 Å².